The first-order valence-corrected chi connectivity index (χ1v) is 7.04. The molecule has 1 saturated carbocycles. The maximum absolute atomic E-state index is 9.57. The van der Waals surface area contributed by atoms with Crippen molar-refractivity contribution < 1.29 is 5.11 Å². The minimum Gasteiger partial charge on any atom is -0.506 e. The zero-order valence-corrected chi connectivity index (χ0v) is 12.3. The number of nitrogens with one attached hydrogen (secondary N) is 1. The highest BCUT2D eigenvalue weighted by atomic mass is 79.9. The Morgan fingerprint density at radius 1 is 1.38 bits per heavy atom. The van der Waals surface area contributed by atoms with Gasteiger partial charge in [0.25, 0.3) is 0 Å². The predicted octanol–water partition coefficient (Wildman–Crippen LogP) is 3.66. The maximum atomic E-state index is 9.57. The van der Waals surface area contributed by atoms with Crippen molar-refractivity contribution in [2.45, 2.75) is 19.9 Å². The second-order valence-electron chi connectivity index (χ2n) is 4.51. The van der Waals surface area contributed by atoms with Crippen molar-refractivity contribution in [3.05, 3.63) is 26.6 Å². The van der Waals surface area contributed by atoms with Crippen molar-refractivity contribution in [2.75, 3.05) is 6.54 Å². The Labute approximate surface area is 113 Å². The number of phenolic OH excluding ortho intramolecular Hbond substituents is 1. The first kappa shape index (κ1) is 12.4. The number of rotatable bonds is 4. The number of phenols is 1. The van der Waals surface area contributed by atoms with E-state index in [1.54, 1.807) is 0 Å². The van der Waals surface area contributed by atoms with E-state index in [0.29, 0.717) is 0 Å². The summed E-state index contributed by atoms with van der Waals surface area (Å²) >= 11 is 6.66. The molecule has 2 rings (SSSR count). The van der Waals surface area contributed by atoms with Gasteiger partial charge in [0.2, 0.25) is 0 Å². The lowest BCUT2D eigenvalue weighted by Crippen LogP contribution is -2.16. The molecular formula is C12H15Br2NO. The van der Waals surface area contributed by atoms with Crippen molar-refractivity contribution in [1.82, 2.24) is 5.32 Å². The molecule has 1 aromatic rings. The summed E-state index contributed by atoms with van der Waals surface area (Å²) in [4.78, 5) is 0. The topological polar surface area (TPSA) is 32.3 Å². The SMILES string of the molecule is CC1CC1CNCc1cc(Br)c(O)c(Br)c1. The highest BCUT2D eigenvalue weighted by molar-refractivity contribution is 9.11. The molecular weight excluding hydrogens is 334 g/mol. The molecule has 1 fully saturated rings. The third-order valence-corrected chi connectivity index (χ3v) is 4.30. The molecule has 2 nitrogen and oxygen atoms in total. The zero-order chi connectivity index (χ0) is 11.7. The minimum absolute atomic E-state index is 0.263. The van der Waals surface area contributed by atoms with Crippen molar-refractivity contribution in [1.29, 1.82) is 0 Å². The molecule has 0 bridgehead atoms. The number of aromatic hydroxyl groups is 1. The van der Waals surface area contributed by atoms with E-state index in [0.717, 1.165) is 33.9 Å². The van der Waals surface area contributed by atoms with E-state index < -0.39 is 0 Å². The second-order valence-corrected chi connectivity index (χ2v) is 6.22. The minimum atomic E-state index is 0.263. The third kappa shape index (κ3) is 2.99. The van der Waals surface area contributed by atoms with Crippen LogP contribution < -0.4 is 5.32 Å². The first-order valence-electron chi connectivity index (χ1n) is 5.45. The molecule has 2 atom stereocenters. The van der Waals surface area contributed by atoms with Gasteiger partial charge in [-0.15, -0.1) is 0 Å². The van der Waals surface area contributed by atoms with E-state index in [9.17, 15) is 5.11 Å². The van der Waals surface area contributed by atoms with Crippen molar-refractivity contribution in [3.63, 3.8) is 0 Å². The number of benzene rings is 1. The van der Waals surface area contributed by atoms with Gasteiger partial charge in [-0.05, 0) is 74.4 Å². The molecule has 0 saturated heterocycles. The molecule has 16 heavy (non-hydrogen) atoms. The Morgan fingerprint density at radius 3 is 2.44 bits per heavy atom. The van der Waals surface area contributed by atoms with Gasteiger partial charge in [0, 0.05) is 6.54 Å². The van der Waals surface area contributed by atoms with Crippen molar-refractivity contribution >= 4 is 31.9 Å². The van der Waals surface area contributed by atoms with E-state index >= 15 is 0 Å². The Morgan fingerprint density at radius 2 is 1.94 bits per heavy atom. The summed E-state index contributed by atoms with van der Waals surface area (Å²) in [5.74, 6) is 2.02. The first-order chi connectivity index (χ1) is 7.58. The molecule has 0 aromatic heterocycles. The molecule has 1 aliphatic rings. The summed E-state index contributed by atoms with van der Waals surface area (Å²) in [6.45, 7) is 4.23. The third-order valence-electron chi connectivity index (χ3n) is 3.09. The molecule has 0 aliphatic heterocycles. The fourth-order valence-electron chi connectivity index (χ4n) is 1.81. The lowest BCUT2D eigenvalue weighted by atomic mass is 10.2. The van der Waals surface area contributed by atoms with E-state index in [4.69, 9.17) is 0 Å². The van der Waals surface area contributed by atoms with Gasteiger partial charge >= 0.3 is 0 Å². The van der Waals surface area contributed by atoms with Crippen LogP contribution in [-0.4, -0.2) is 11.7 Å². The highest BCUT2D eigenvalue weighted by Crippen LogP contribution is 2.37. The Kier molecular flexibility index (Phi) is 3.93. The standard InChI is InChI=1S/C12H15Br2NO/c1-7-2-9(7)6-15-5-8-3-10(13)12(16)11(14)4-8/h3-4,7,9,15-16H,2,5-6H2,1H3. The van der Waals surface area contributed by atoms with Gasteiger partial charge in [-0.3, -0.25) is 0 Å². The zero-order valence-electron chi connectivity index (χ0n) is 9.13. The van der Waals surface area contributed by atoms with Crippen LogP contribution in [0.15, 0.2) is 21.1 Å². The second kappa shape index (κ2) is 5.07. The van der Waals surface area contributed by atoms with Gasteiger partial charge in [0.1, 0.15) is 5.75 Å². The maximum Gasteiger partial charge on any atom is 0.143 e. The molecule has 1 aliphatic carbocycles. The van der Waals surface area contributed by atoms with E-state index in [1.165, 1.54) is 12.0 Å². The van der Waals surface area contributed by atoms with Crippen LogP contribution in [0.1, 0.15) is 18.9 Å². The summed E-state index contributed by atoms with van der Waals surface area (Å²) in [5.41, 5.74) is 1.17. The van der Waals surface area contributed by atoms with Gasteiger partial charge < -0.3 is 10.4 Å². The lowest BCUT2D eigenvalue weighted by Gasteiger charge is -2.07. The molecule has 0 amide bonds. The number of hydrogen-bond donors (Lipinski definition) is 2. The molecule has 0 spiro atoms. The van der Waals surface area contributed by atoms with Gasteiger partial charge in [0.15, 0.2) is 0 Å². The normalized spacial score (nSPS) is 23.4. The Hall–Kier alpha value is -0.0600. The van der Waals surface area contributed by atoms with Crippen LogP contribution in [0.4, 0.5) is 0 Å². The van der Waals surface area contributed by atoms with E-state index in [2.05, 4.69) is 44.1 Å². The average Bonchev–Trinajstić information content (AvgIpc) is 2.91. The fourth-order valence-corrected chi connectivity index (χ4v) is 3.09. The fraction of sp³-hybridized carbons (Fsp3) is 0.500. The number of hydrogen-bond acceptors (Lipinski definition) is 2. The molecule has 0 radical (unpaired) electrons. The Balaban J connectivity index is 1.89. The van der Waals surface area contributed by atoms with Gasteiger partial charge in [-0.1, -0.05) is 6.92 Å². The summed E-state index contributed by atoms with van der Waals surface area (Å²) in [7, 11) is 0. The van der Waals surface area contributed by atoms with Crippen LogP contribution in [0.25, 0.3) is 0 Å². The van der Waals surface area contributed by atoms with Gasteiger partial charge in [-0.25, -0.2) is 0 Å². The van der Waals surface area contributed by atoms with E-state index in [-0.39, 0.29) is 5.75 Å². The smallest absolute Gasteiger partial charge is 0.143 e. The predicted molar refractivity (Wildman–Crippen MR) is 72.5 cm³/mol. The lowest BCUT2D eigenvalue weighted by molar-refractivity contribution is 0.468. The van der Waals surface area contributed by atoms with Crippen LogP contribution in [0.3, 0.4) is 0 Å². The highest BCUT2D eigenvalue weighted by Gasteiger charge is 2.31. The van der Waals surface area contributed by atoms with Crippen LogP contribution in [-0.2, 0) is 6.54 Å². The summed E-state index contributed by atoms with van der Waals surface area (Å²) in [6, 6.07) is 3.90. The monoisotopic (exact) mass is 347 g/mol. The largest absolute Gasteiger partial charge is 0.506 e. The summed E-state index contributed by atoms with van der Waals surface area (Å²) < 4.78 is 1.47. The van der Waals surface area contributed by atoms with Crippen molar-refractivity contribution in [2.24, 2.45) is 11.8 Å². The molecule has 2 unspecified atom stereocenters. The average molecular weight is 349 g/mol. The summed E-state index contributed by atoms with van der Waals surface area (Å²) in [6.07, 6.45) is 1.36. The molecule has 2 N–H and O–H groups in total. The van der Waals surface area contributed by atoms with Crippen LogP contribution >= 0.6 is 31.9 Å². The van der Waals surface area contributed by atoms with Crippen LogP contribution in [0.5, 0.6) is 5.75 Å². The quantitative estimate of drug-likeness (QED) is 0.870. The van der Waals surface area contributed by atoms with Crippen molar-refractivity contribution in [3.8, 4) is 5.75 Å². The molecule has 4 heteroatoms. The summed E-state index contributed by atoms with van der Waals surface area (Å²) in [5, 5.41) is 13.0. The number of halogens is 2. The van der Waals surface area contributed by atoms with E-state index in [1.807, 2.05) is 12.1 Å². The molecule has 0 heterocycles. The Bertz CT molecular complexity index is 372. The molecule has 1 aromatic carbocycles. The van der Waals surface area contributed by atoms with Crippen LogP contribution in [0, 0.1) is 11.8 Å². The molecule has 88 valence electrons. The van der Waals surface area contributed by atoms with Crippen LogP contribution in [0.2, 0.25) is 0 Å². The van der Waals surface area contributed by atoms with Gasteiger partial charge in [0.05, 0.1) is 8.95 Å². The van der Waals surface area contributed by atoms with Gasteiger partial charge in [-0.2, -0.15) is 0 Å².